The van der Waals surface area contributed by atoms with Gasteiger partial charge >= 0.3 is 0 Å². The molecule has 0 radical (unpaired) electrons. The average molecular weight is 312 g/mol. The lowest BCUT2D eigenvalue weighted by Crippen LogP contribution is -2.19. The molecule has 0 saturated heterocycles. The molecular formula is C17H16N2O2S. The number of aryl methyl sites for hydroxylation is 1. The van der Waals surface area contributed by atoms with Crippen LogP contribution in [0.15, 0.2) is 48.5 Å². The summed E-state index contributed by atoms with van der Waals surface area (Å²) in [6.45, 7) is 2.09. The van der Waals surface area contributed by atoms with Crippen LogP contribution in [0.1, 0.15) is 12.5 Å². The van der Waals surface area contributed by atoms with Gasteiger partial charge in [0.15, 0.2) is 11.7 Å². The summed E-state index contributed by atoms with van der Waals surface area (Å²) in [5, 5.41) is 3.38. The predicted molar refractivity (Wildman–Crippen MR) is 89.6 cm³/mol. The predicted octanol–water partition coefficient (Wildman–Crippen LogP) is 3.88. The molecule has 1 amide bonds. The molecular weight excluding hydrogens is 296 g/mol. The van der Waals surface area contributed by atoms with Gasteiger partial charge in [0.25, 0.3) is 5.91 Å². The molecule has 112 valence electrons. The number of hydrogen-bond donors (Lipinski definition) is 1. The summed E-state index contributed by atoms with van der Waals surface area (Å²) < 4.78 is 6.50. The van der Waals surface area contributed by atoms with Gasteiger partial charge < -0.3 is 4.74 Å². The van der Waals surface area contributed by atoms with E-state index in [-0.39, 0.29) is 12.5 Å². The summed E-state index contributed by atoms with van der Waals surface area (Å²) in [6.07, 6.45) is 0.987. The molecule has 0 atom stereocenters. The van der Waals surface area contributed by atoms with Gasteiger partial charge in [0.05, 0.1) is 10.2 Å². The van der Waals surface area contributed by atoms with Gasteiger partial charge in [-0.3, -0.25) is 10.1 Å². The monoisotopic (exact) mass is 312 g/mol. The molecule has 1 aromatic heterocycles. The lowest BCUT2D eigenvalue weighted by atomic mass is 10.2. The number of aromatic nitrogens is 1. The van der Waals surface area contributed by atoms with Crippen LogP contribution in [0.5, 0.6) is 5.75 Å². The lowest BCUT2D eigenvalue weighted by Gasteiger charge is -2.04. The fraction of sp³-hybridized carbons (Fsp3) is 0.176. The third-order valence-electron chi connectivity index (χ3n) is 3.22. The molecule has 3 aromatic rings. The van der Waals surface area contributed by atoms with E-state index in [1.807, 2.05) is 36.4 Å². The number of anilines is 1. The Labute approximate surface area is 132 Å². The second kappa shape index (κ2) is 6.58. The largest absolute Gasteiger partial charge is 0.484 e. The van der Waals surface area contributed by atoms with Crippen LogP contribution in [-0.2, 0) is 11.2 Å². The van der Waals surface area contributed by atoms with Crippen LogP contribution in [0, 0.1) is 0 Å². The molecule has 0 aliphatic carbocycles. The Morgan fingerprint density at radius 2 is 2.05 bits per heavy atom. The minimum atomic E-state index is -0.210. The highest BCUT2D eigenvalue weighted by Gasteiger charge is 2.09. The fourth-order valence-corrected chi connectivity index (χ4v) is 3.01. The number of ether oxygens (including phenoxy) is 1. The van der Waals surface area contributed by atoms with E-state index in [9.17, 15) is 4.79 Å². The molecule has 0 spiro atoms. The Morgan fingerprint density at radius 3 is 2.82 bits per heavy atom. The summed E-state index contributed by atoms with van der Waals surface area (Å²) in [5.74, 6) is 0.466. The van der Waals surface area contributed by atoms with Crippen LogP contribution in [0.3, 0.4) is 0 Å². The first-order valence-electron chi connectivity index (χ1n) is 7.12. The normalized spacial score (nSPS) is 10.6. The van der Waals surface area contributed by atoms with Crippen molar-refractivity contribution in [3.8, 4) is 5.75 Å². The Kier molecular flexibility index (Phi) is 4.34. The standard InChI is InChI=1S/C17H16N2O2S/c1-2-12-8-9-14-15(10-12)22-17(18-14)19-16(20)11-21-13-6-4-3-5-7-13/h3-10H,2,11H2,1H3,(H,18,19,20). The number of thiazole rings is 1. The van der Waals surface area contributed by atoms with Crippen molar-refractivity contribution in [1.29, 1.82) is 0 Å². The maximum absolute atomic E-state index is 11.9. The molecule has 0 saturated carbocycles. The second-order valence-corrected chi connectivity index (χ2v) is 5.86. The number of para-hydroxylation sites is 1. The first kappa shape index (κ1) is 14.5. The van der Waals surface area contributed by atoms with Crippen LogP contribution in [0.25, 0.3) is 10.2 Å². The zero-order valence-electron chi connectivity index (χ0n) is 12.2. The second-order valence-electron chi connectivity index (χ2n) is 4.82. The maximum atomic E-state index is 11.9. The highest BCUT2D eigenvalue weighted by molar-refractivity contribution is 7.22. The molecule has 0 aliphatic heterocycles. The van der Waals surface area contributed by atoms with Crippen molar-refractivity contribution in [2.24, 2.45) is 0 Å². The van der Waals surface area contributed by atoms with Gasteiger partial charge in [0.2, 0.25) is 0 Å². The lowest BCUT2D eigenvalue weighted by molar-refractivity contribution is -0.118. The van der Waals surface area contributed by atoms with E-state index in [0.29, 0.717) is 10.9 Å². The highest BCUT2D eigenvalue weighted by atomic mass is 32.1. The van der Waals surface area contributed by atoms with Crippen LogP contribution in [0.4, 0.5) is 5.13 Å². The van der Waals surface area contributed by atoms with Gasteiger partial charge in [-0.2, -0.15) is 0 Å². The topological polar surface area (TPSA) is 51.2 Å². The molecule has 0 fully saturated rings. The van der Waals surface area contributed by atoms with Crippen LogP contribution in [-0.4, -0.2) is 17.5 Å². The van der Waals surface area contributed by atoms with Crippen molar-refractivity contribution < 1.29 is 9.53 Å². The van der Waals surface area contributed by atoms with Crippen molar-refractivity contribution >= 4 is 32.6 Å². The number of fused-ring (bicyclic) bond motifs is 1. The summed E-state index contributed by atoms with van der Waals surface area (Å²) >= 11 is 1.48. The number of benzene rings is 2. The van der Waals surface area contributed by atoms with Gasteiger partial charge in [0, 0.05) is 0 Å². The Hall–Kier alpha value is -2.40. The summed E-state index contributed by atoms with van der Waals surface area (Å²) in [7, 11) is 0. The highest BCUT2D eigenvalue weighted by Crippen LogP contribution is 2.26. The van der Waals surface area contributed by atoms with E-state index in [4.69, 9.17) is 4.74 Å². The third kappa shape index (κ3) is 3.43. The Morgan fingerprint density at radius 1 is 1.23 bits per heavy atom. The van der Waals surface area contributed by atoms with Gasteiger partial charge in [-0.25, -0.2) is 4.98 Å². The van der Waals surface area contributed by atoms with Crippen molar-refractivity contribution in [2.75, 3.05) is 11.9 Å². The average Bonchev–Trinajstić information content (AvgIpc) is 2.95. The van der Waals surface area contributed by atoms with E-state index >= 15 is 0 Å². The van der Waals surface area contributed by atoms with E-state index in [1.54, 1.807) is 0 Å². The fourth-order valence-electron chi connectivity index (χ4n) is 2.06. The minimum absolute atomic E-state index is 0.0276. The molecule has 1 N–H and O–H groups in total. The summed E-state index contributed by atoms with van der Waals surface area (Å²) in [4.78, 5) is 16.3. The Balaban J connectivity index is 1.63. The van der Waals surface area contributed by atoms with Crippen molar-refractivity contribution in [1.82, 2.24) is 4.98 Å². The van der Waals surface area contributed by atoms with E-state index in [2.05, 4.69) is 29.4 Å². The van der Waals surface area contributed by atoms with Crippen LogP contribution in [0.2, 0.25) is 0 Å². The molecule has 0 bridgehead atoms. The van der Waals surface area contributed by atoms with Crippen molar-refractivity contribution in [3.05, 3.63) is 54.1 Å². The first-order valence-corrected chi connectivity index (χ1v) is 7.93. The number of amides is 1. The van der Waals surface area contributed by atoms with Gasteiger partial charge in [-0.05, 0) is 36.2 Å². The summed E-state index contributed by atoms with van der Waals surface area (Å²) in [5.41, 5.74) is 2.17. The number of nitrogens with zero attached hydrogens (tertiary/aromatic N) is 1. The summed E-state index contributed by atoms with van der Waals surface area (Å²) in [6, 6.07) is 15.4. The quantitative estimate of drug-likeness (QED) is 0.778. The first-order chi connectivity index (χ1) is 10.7. The zero-order valence-corrected chi connectivity index (χ0v) is 13.0. The van der Waals surface area contributed by atoms with E-state index < -0.39 is 0 Å². The Bertz CT molecular complexity index is 784. The number of carbonyl (C=O) groups excluding carboxylic acids is 1. The molecule has 2 aromatic carbocycles. The van der Waals surface area contributed by atoms with E-state index in [1.165, 1.54) is 16.9 Å². The molecule has 3 rings (SSSR count). The van der Waals surface area contributed by atoms with Gasteiger partial charge in [0.1, 0.15) is 5.75 Å². The number of carbonyl (C=O) groups is 1. The van der Waals surface area contributed by atoms with Crippen molar-refractivity contribution in [2.45, 2.75) is 13.3 Å². The molecule has 1 heterocycles. The van der Waals surface area contributed by atoms with Crippen molar-refractivity contribution in [3.63, 3.8) is 0 Å². The van der Waals surface area contributed by atoms with Crippen LogP contribution < -0.4 is 10.1 Å². The zero-order chi connectivity index (χ0) is 15.4. The SMILES string of the molecule is CCc1ccc2nc(NC(=O)COc3ccccc3)sc2c1. The van der Waals surface area contributed by atoms with E-state index in [0.717, 1.165) is 16.6 Å². The van der Waals surface area contributed by atoms with Gasteiger partial charge in [-0.15, -0.1) is 0 Å². The molecule has 4 nitrogen and oxygen atoms in total. The third-order valence-corrected chi connectivity index (χ3v) is 4.15. The van der Waals surface area contributed by atoms with Crippen LogP contribution >= 0.6 is 11.3 Å². The number of hydrogen-bond acceptors (Lipinski definition) is 4. The molecule has 0 aliphatic rings. The number of nitrogens with one attached hydrogen (secondary N) is 1. The smallest absolute Gasteiger partial charge is 0.264 e. The number of rotatable bonds is 5. The molecule has 22 heavy (non-hydrogen) atoms. The molecule has 5 heteroatoms. The molecule has 0 unspecified atom stereocenters. The van der Waals surface area contributed by atoms with Gasteiger partial charge in [-0.1, -0.05) is 42.5 Å². The maximum Gasteiger partial charge on any atom is 0.264 e. The minimum Gasteiger partial charge on any atom is -0.484 e.